The van der Waals surface area contributed by atoms with Crippen LogP contribution in [0.25, 0.3) is 0 Å². The third-order valence-electron chi connectivity index (χ3n) is 2.18. The summed E-state index contributed by atoms with van der Waals surface area (Å²) >= 11 is 0. The van der Waals surface area contributed by atoms with Crippen molar-refractivity contribution < 1.29 is 8.42 Å². The van der Waals surface area contributed by atoms with E-state index < -0.39 is 10.0 Å². The molecule has 0 unspecified atom stereocenters. The van der Waals surface area contributed by atoms with Crippen molar-refractivity contribution in [3.63, 3.8) is 0 Å². The molecule has 0 saturated carbocycles. The summed E-state index contributed by atoms with van der Waals surface area (Å²) in [5.41, 5.74) is 7.05. The number of nitrogens with one attached hydrogen (secondary N) is 2. The second-order valence-electron chi connectivity index (χ2n) is 3.40. The van der Waals surface area contributed by atoms with Crippen molar-refractivity contribution in [3.8, 4) is 0 Å². The second kappa shape index (κ2) is 4.92. The first-order valence-corrected chi connectivity index (χ1v) is 6.52. The van der Waals surface area contributed by atoms with Gasteiger partial charge in [0.25, 0.3) is 10.0 Å². The van der Waals surface area contributed by atoms with Gasteiger partial charge >= 0.3 is 0 Å². The molecule has 1 aromatic carbocycles. The maximum Gasteiger partial charge on any atom is 0.265 e. The van der Waals surface area contributed by atoms with Crippen LogP contribution >= 0.6 is 0 Å². The van der Waals surface area contributed by atoms with Gasteiger partial charge in [0.15, 0.2) is 0 Å². The Morgan fingerprint density at radius 1 is 1.11 bits per heavy atom. The molecule has 2 aromatic rings. The maximum atomic E-state index is 12.1. The number of rotatable bonds is 4. The molecule has 0 spiro atoms. The van der Waals surface area contributed by atoms with Gasteiger partial charge in [-0.2, -0.15) is 5.11 Å². The third kappa shape index (κ3) is 2.51. The van der Waals surface area contributed by atoms with Crippen LogP contribution in [0.3, 0.4) is 0 Å². The number of aromatic nitrogens is 1. The summed E-state index contributed by atoms with van der Waals surface area (Å²) in [6.45, 7) is 0. The van der Waals surface area contributed by atoms with Crippen LogP contribution in [0.4, 0.5) is 11.5 Å². The largest absolute Gasteiger partial charge is 0.265 e. The number of hydrogen-bond donors (Lipinski definition) is 2. The normalized spacial score (nSPS) is 10.9. The SMILES string of the molecule is N=Nc1ccccc1S(=O)(=O)Nc1ccccn1. The molecule has 2 rings (SSSR count). The number of benzene rings is 1. The fraction of sp³-hybridized carbons (Fsp3) is 0. The van der Waals surface area contributed by atoms with Crippen molar-refractivity contribution >= 4 is 21.5 Å². The van der Waals surface area contributed by atoms with Gasteiger partial charge in [-0.3, -0.25) is 4.72 Å². The molecule has 92 valence electrons. The van der Waals surface area contributed by atoms with E-state index >= 15 is 0 Å². The monoisotopic (exact) mass is 262 g/mol. The summed E-state index contributed by atoms with van der Waals surface area (Å²) in [6, 6.07) is 10.9. The first-order valence-electron chi connectivity index (χ1n) is 5.04. The number of sulfonamides is 1. The predicted molar refractivity (Wildman–Crippen MR) is 66.3 cm³/mol. The van der Waals surface area contributed by atoms with E-state index in [0.29, 0.717) is 0 Å². The molecule has 0 aliphatic rings. The lowest BCUT2D eigenvalue weighted by molar-refractivity contribution is 0.601. The number of para-hydroxylation sites is 1. The van der Waals surface area contributed by atoms with E-state index in [0.717, 1.165) is 0 Å². The van der Waals surface area contributed by atoms with Crippen molar-refractivity contribution in [1.29, 1.82) is 5.53 Å². The lowest BCUT2D eigenvalue weighted by Crippen LogP contribution is -2.13. The van der Waals surface area contributed by atoms with E-state index in [2.05, 4.69) is 14.8 Å². The molecule has 18 heavy (non-hydrogen) atoms. The van der Waals surface area contributed by atoms with Gasteiger partial charge in [0.2, 0.25) is 0 Å². The summed E-state index contributed by atoms with van der Waals surface area (Å²) in [6.07, 6.45) is 1.48. The molecule has 0 amide bonds. The minimum atomic E-state index is -3.78. The number of hydrogen-bond acceptors (Lipinski definition) is 5. The number of pyridine rings is 1. The van der Waals surface area contributed by atoms with E-state index in [1.165, 1.54) is 24.4 Å². The molecule has 0 atom stereocenters. The van der Waals surface area contributed by atoms with Gasteiger partial charge in [-0.25, -0.2) is 18.9 Å². The van der Waals surface area contributed by atoms with Crippen molar-refractivity contribution in [2.45, 2.75) is 4.90 Å². The third-order valence-corrected chi connectivity index (χ3v) is 3.58. The zero-order chi connectivity index (χ0) is 13.0. The summed E-state index contributed by atoms with van der Waals surface area (Å²) in [5, 5.41) is 3.19. The highest BCUT2D eigenvalue weighted by molar-refractivity contribution is 7.92. The molecule has 0 saturated heterocycles. The van der Waals surface area contributed by atoms with Crippen molar-refractivity contribution in [3.05, 3.63) is 48.7 Å². The van der Waals surface area contributed by atoms with E-state index in [1.807, 2.05) is 0 Å². The molecule has 0 aliphatic heterocycles. The maximum absolute atomic E-state index is 12.1. The van der Waals surface area contributed by atoms with Gasteiger partial charge in [0.05, 0.1) is 0 Å². The first-order chi connectivity index (χ1) is 8.63. The number of anilines is 1. The summed E-state index contributed by atoms with van der Waals surface area (Å²) in [7, 11) is -3.78. The van der Waals surface area contributed by atoms with Gasteiger partial charge in [-0.15, -0.1) is 0 Å². The van der Waals surface area contributed by atoms with E-state index in [1.54, 1.807) is 24.3 Å². The Bertz CT molecular complexity index is 656. The van der Waals surface area contributed by atoms with Crippen LogP contribution in [0.1, 0.15) is 0 Å². The molecule has 0 fully saturated rings. The van der Waals surface area contributed by atoms with Gasteiger partial charge in [0.1, 0.15) is 16.4 Å². The Hall–Kier alpha value is -2.28. The smallest absolute Gasteiger partial charge is 0.263 e. The summed E-state index contributed by atoms with van der Waals surface area (Å²) in [4.78, 5) is 3.83. The molecule has 6 nitrogen and oxygen atoms in total. The molecular formula is C11H10N4O2S. The fourth-order valence-electron chi connectivity index (χ4n) is 1.39. The van der Waals surface area contributed by atoms with Gasteiger partial charge in [-0.05, 0) is 24.3 Å². The molecule has 1 heterocycles. The highest BCUT2D eigenvalue weighted by atomic mass is 32.2. The Balaban J connectivity index is 2.40. The molecule has 7 heteroatoms. The van der Waals surface area contributed by atoms with Crippen LogP contribution in [0, 0.1) is 5.53 Å². The molecule has 2 N–H and O–H groups in total. The Labute approximate surface area is 104 Å². The zero-order valence-electron chi connectivity index (χ0n) is 9.24. The number of nitrogens with zero attached hydrogens (tertiary/aromatic N) is 2. The minimum Gasteiger partial charge on any atom is -0.263 e. The predicted octanol–water partition coefficient (Wildman–Crippen LogP) is 2.54. The quantitative estimate of drug-likeness (QED) is 0.829. The highest BCUT2D eigenvalue weighted by Crippen LogP contribution is 2.24. The van der Waals surface area contributed by atoms with Crippen LogP contribution in [0.2, 0.25) is 0 Å². The summed E-state index contributed by atoms with van der Waals surface area (Å²) in [5.74, 6) is 0.220. The lowest BCUT2D eigenvalue weighted by atomic mass is 10.3. The van der Waals surface area contributed by atoms with Crippen LogP contribution in [0.5, 0.6) is 0 Å². The van der Waals surface area contributed by atoms with Crippen LogP contribution in [0.15, 0.2) is 58.7 Å². The average molecular weight is 262 g/mol. The van der Waals surface area contributed by atoms with E-state index in [9.17, 15) is 8.42 Å². The second-order valence-corrected chi connectivity index (χ2v) is 5.05. The van der Waals surface area contributed by atoms with Crippen LogP contribution in [-0.2, 0) is 10.0 Å². The van der Waals surface area contributed by atoms with Crippen LogP contribution < -0.4 is 4.72 Å². The molecule has 0 aliphatic carbocycles. The first kappa shape index (κ1) is 12.2. The van der Waals surface area contributed by atoms with Crippen molar-refractivity contribution in [1.82, 2.24) is 4.98 Å². The van der Waals surface area contributed by atoms with E-state index in [4.69, 9.17) is 5.53 Å². The standard InChI is InChI=1S/C11H10N4O2S/c12-14-9-5-1-2-6-10(9)18(16,17)15-11-7-3-4-8-13-11/h1-8,12H,(H,13,15). The zero-order valence-corrected chi connectivity index (χ0v) is 10.1. The summed E-state index contributed by atoms with van der Waals surface area (Å²) < 4.78 is 26.5. The molecule has 1 aromatic heterocycles. The van der Waals surface area contributed by atoms with Crippen LogP contribution in [-0.4, -0.2) is 13.4 Å². The molecular weight excluding hydrogens is 252 g/mol. The topological polar surface area (TPSA) is 95.3 Å². The fourth-order valence-corrected chi connectivity index (χ4v) is 2.55. The van der Waals surface area contributed by atoms with Gasteiger partial charge in [-0.1, -0.05) is 18.2 Å². The van der Waals surface area contributed by atoms with E-state index in [-0.39, 0.29) is 16.4 Å². The Kier molecular flexibility index (Phi) is 3.33. The average Bonchev–Trinajstić information content (AvgIpc) is 2.39. The molecule has 0 bridgehead atoms. The lowest BCUT2D eigenvalue weighted by Gasteiger charge is -2.08. The van der Waals surface area contributed by atoms with Gasteiger partial charge in [0, 0.05) is 6.20 Å². The van der Waals surface area contributed by atoms with Crippen molar-refractivity contribution in [2.75, 3.05) is 4.72 Å². The highest BCUT2D eigenvalue weighted by Gasteiger charge is 2.18. The van der Waals surface area contributed by atoms with Crippen molar-refractivity contribution in [2.24, 2.45) is 5.11 Å². The Morgan fingerprint density at radius 2 is 1.83 bits per heavy atom. The van der Waals surface area contributed by atoms with Gasteiger partial charge < -0.3 is 0 Å². The molecule has 0 radical (unpaired) electrons. The Morgan fingerprint density at radius 3 is 2.50 bits per heavy atom. The minimum absolute atomic E-state index is 0.0503.